The minimum atomic E-state index is -0.252. The number of rotatable bonds is 9. The minimum absolute atomic E-state index is 0.252. The molecule has 0 amide bonds. The highest BCUT2D eigenvalue weighted by atomic mass is 16.5. The van der Waals surface area contributed by atoms with E-state index in [1.165, 1.54) is 6.08 Å². The Balaban J connectivity index is 3.08. The predicted octanol–water partition coefficient (Wildman–Crippen LogP) is 2.44. The van der Waals surface area contributed by atoms with Crippen LogP contribution in [-0.2, 0) is 9.53 Å². The zero-order valence-corrected chi connectivity index (χ0v) is 9.58. The quantitative estimate of drug-likeness (QED) is 0.364. The van der Waals surface area contributed by atoms with Crippen LogP contribution in [0.3, 0.4) is 0 Å². The fraction of sp³-hybridized carbons (Fsp3) is 0.750. The number of carbonyl (C=O) groups is 1. The Bertz CT molecular complexity index is 176. The van der Waals surface area contributed by atoms with Crippen LogP contribution in [0.25, 0.3) is 0 Å². The number of hydrogen-bond donors (Lipinski definition) is 1. The van der Waals surface area contributed by atoms with Crippen molar-refractivity contribution in [2.75, 3.05) is 13.2 Å². The van der Waals surface area contributed by atoms with Crippen molar-refractivity contribution in [1.82, 2.24) is 0 Å². The van der Waals surface area contributed by atoms with E-state index >= 15 is 0 Å². The van der Waals surface area contributed by atoms with Gasteiger partial charge in [-0.3, -0.25) is 0 Å². The van der Waals surface area contributed by atoms with Crippen molar-refractivity contribution >= 4 is 5.97 Å². The fourth-order valence-corrected chi connectivity index (χ4v) is 1.28. The Hall–Kier alpha value is -0.830. The summed E-state index contributed by atoms with van der Waals surface area (Å²) in [6.07, 6.45) is 9.44. The van der Waals surface area contributed by atoms with Gasteiger partial charge in [-0.05, 0) is 19.8 Å². The van der Waals surface area contributed by atoms with Crippen molar-refractivity contribution in [1.29, 1.82) is 0 Å². The van der Waals surface area contributed by atoms with Crippen molar-refractivity contribution in [3.8, 4) is 0 Å². The molecule has 0 aliphatic carbocycles. The first-order valence-corrected chi connectivity index (χ1v) is 5.71. The molecule has 0 fully saturated rings. The molecule has 0 bridgehead atoms. The fourth-order valence-electron chi connectivity index (χ4n) is 1.28. The number of unbranched alkanes of at least 4 members (excludes halogenated alkanes) is 5. The van der Waals surface area contributed by atoms with Crippen LogP contribution in [0.2, 0.25) is 0 Å². The van der Waals surface area contributed by atoms with E-state index in [0.29, 0.717) is 13.2 Å². The molecule has 0 aromatic rings. The second kappa shape index (κ2) is 11.2. The minimum Gasteiger partial charge on any atom is -0.463 e. The van der Waals surface area contributed by atoms with E-state index in [0.717, 1.165) is 38.5 Å². The molecule has 0 saturated carbocycles. The van der Waals surface area contributed by atoms with E-state index in [1.54, 1.807) is 13.0 Å². The van der Waals surface area contributed by atoms with Gasteiger partial charge in [-0.25, -0.2) is 4.79 Å². The molecule has 0 atom stereocenters. The Morgan fingerprint density at radius 1 is 1.13 bits per heavy atom. The Kier molecular flexibility index (Phi) is 10.6. The molecule has 0 radical (unpaired) electrons. The smallest absolute Gasteiger partial charge is 0.330 e. The van der Waals surface area contributed by atoms with E-state index in [1.807, 2.05) is 0 Å². The first kappa shape index (κ1) is 14.2. The van der Waals surface area contributed by atoms with Crippen molar-refractivity contribution in [3.63, 3.8) is 0 Å². The van der Waals surface area contributed by atoms with Gasteiger partial charge in [0.15, 0.2) is 0 Å². The summed E-state index contributed by atoms with van der Waals surface area (Å²) in [6.45, 7) is 2.60. The molecule has 0 aliphatic rings. The number of esters is 1. The van der Waals surface area contributed by atoms with Crippen LogP contribution >= 0.6 is 0 Å². The maximum Gasteiger partial charge on any atom is 0.330 e. The Labute approximate surface area is 92.1 Å². The summed E-state index contributed by atoms with van der Waals surface area (Å²) in [6, 6.07) is 0. The van der Waals surface area contributed by atoms with Crippen LogP contribution in [0.1, 0.15) is 45.4 Å². The van der Waals surface area contributed by atoms with Gasteiger partial charge < -0.3 is 9.84 Å². The van der Waals surface area contributed by atoms with Gasteiger partial charge in [0, 0.05) is 12.7 Å². The van der Waals surface area contributed by atoms with E-state index in [2.05, 4.69) is 0 Å². The monoisotopic (exact) mass is 214 g/mol. The van der Waals surface area contributed by atoms with Gasteiger partial charge in [-0.1, -0.05) is 31.8 Å². The van der Waals surface area contributed by atoms with Crippen LogP contribution in [0.5, 0.6) is 0 Å². The normalized spacial score (nSPS) is 10.8. The summed E-state index contributed by atoms with van der Waals surface area (Å²) in [5, 5.41) is 8.55. The van der Waals surface area contributed by atoms with Crippen LogP contribution < -0.4 is 0 Å². The second-order valence-corrected chi connectivity index (χ2v) is 3.51. The van der Waals surface area contributed by atoms with Crippen molar-refractivity contribution in [3.05, 3.63) is 12.2 Å². The SMILES string of the molecule is CC=CC(=O)OCCCCCCCCO. The highest BCUT2D eigenvalue weighted by Crippen LogP contribution is 2.05. The number of aliphatic hydroxyl groups excluding tert-OH is 1. The third-order valence-electron chi connectivity index (χ3n) is 2.10. The number of aliphatic hydroxyl groups is 1. The molecule has 0 spiro atoms. The van der Waals surface area contributed by atoms with Gasteiger partial charge in [0.25, 0.3) is 0 Å². The first-order chi connectivity index (χ1) is 7.31. The lowest BCUT2D eigenvalue weighted by Gasteiger charge is -2.02. The zero-order chi connectivity index (χ0) is 11.4. The summed E-state index contributed by atoms with van der Waals surface area (Å²) in [5.41, 5.74) is 0. The lowest BCUT2D eigenvalue weighted by Crippen LogP contribution is -2.01. The molecule has 1 N–H and O–H groups in total. The van der Waals surface area contributed by atoms with Gasteiger partial charge >= 0.3 is 5.97 Å². The topological polar surface area (TPSA) is 46.5 Å². The lowest BCUT2D eigenvalue weighted by molar-refractivity contribution is -0.137. The molecule has 3 heteroatoms. The molecular weight excluding hydrogens is 192 g/mol. The van der Waals surface area contributed by atoms with Crippen LogP contribution in [0, 0.1) is 0 Å². The largest absolute Gasteiger partial charge is 0.463 e. The third kappa shape index (κ3) is 11.1. The summed E-state index contributed by atoms with van der Waals surface area (Å²) in [4.78, 5) is 10.9. The number of carbonyl (C=O) groups excluding carboxylic acids is 1. The van der Waals surface area contributed by atoms with Gasteiger partial charge in [0.1, 0.15) is 0 Å². The Morgan fingerprint density at radius 3 is 2.33 bits per heavy atom. The molecule has 0 unspecified atom stereocenters. The van der Waals surface area contributed by atoms with Gasteiger partial charge in [0.2, 0.25) is 0 Å². The zero-order valence-electron chi connectivity index (χ0n) is 9.58. The Morgan fingerprint density at radius 2 is 1.73 bits per heavy atom. The number of allylic oxidation sites excluding steroid dienone is 1. The molecule has 0 saturated heterocycles. The van der Waals surface area contributed by atoms with Gasteiger partial charge in [-0.2, -0.15) is 0 Å². The van der Waals surface area contributed by atoms with E-state index in [4.69, 9.17) is 9.84 Å². The molecule has 0 rings (SSSR count). The van der Waals surface area contributed by atoms with E-state index in [9.17, 15) is 4.79 Å². The van der Waals surface area contributed by atoms with Crippen LogP contribution in [-0.4, -0.2) is 24.3 Å². The molecular formula is C12H22O3. The lowest BCUT2D eigenvalue weighted by atomic mass is 10.1. The first-order valence-electron chi connectivity index (χ1n) is 5.71. The van der Waals surface area contributed by atoms with Gasteiger partial charge in [0.05, 0.1) is 6.61 Å². The standard InChI is InChI=1S/C12H22O3/c1-2-9-12(14)15-11-8-6-4-3-5-7-10-13/h2,9,13H,3-8,10-11H2,1H3. The molecule has 0 aromatic carbocycles. The molecule has 0 heterocycles. The molecule has 0 aromatic heterocycles. The molecule has 3 nitrogen and oxygen atoms in total. The molecule has 15 heavy (non-hydrogen) atoms. The summed E-state index contributed by atoms with van der Waals surface area (Å²) < 4.78 is 4.94. The summed E-state index contributed by atoms with van der Waals surface area (Å²) >= 11 is 0. The van der Waals surface area contributed by atoms with E-state index < -0.39 is 0 Å². The average molecular weight is 214 g/mol. The summed E-state index contributed by atoms with van der Waals surface area (Å²) in [5.74, 6) is -0.252. The van der Waals surface area contributed by atoms with Crippen molar-refractivity contribution < 1.29 is 14.6 Å². The number of hydrogen-bond acceptors (Lipinski definition) is 3. The maximum atomic E-state index is 10.9. The molecule has 88 valence electrons. The van der Waals surface area contributed by atoms with Crippen molar-refractivity contribution in [2.24, 2.45) is 0 Å². The van der Waals surface area contributed by atoms with Crippen LogP contribution in [0.15, 0.2) is 12.2 Å². The summed E-state index contributed by atoms with van der Waals surface area (Å²) in [7, 11) is 0. The van der Waals surface area contributed by atoms with E-state index in [-0.39, 0.29) is 5.97 Å². The average Bonchev–Trinajstić information content (AvgIpc) is 2.22. The second-order valence-electron chi connectivity index (χ2n) is 3.51. The molecule has 0 aliphatic heterocycles. The maximum absolute atomic E-state index is 10.9. The van der Waals surface area contributed by atoms with Gasteiger partial charge in [-0.15, -0.1) is 0 Å². The third-order valence-corrected chi connectivity index (χ3v) is 2.10. The predicted molar refractivity (Wildman–Crippen MR) is 60.6 cm³/mol. The van der Waals surface area contributed by atoms with Crippen molar-refractivity contribution in [2.45, 2.75) is 45.4 Å². The highest BCUT2D eigenvalue weighted by Gasteiger charge is 1.95. The van der Waals surface area contributed by atoms with Crippen LogP contribution in [0.4, 0.5) is 0 Å². The number of ether oxygens (including phenoxy) is 1. The highest BCUT2D eigenvalue weighted by molar-refractivity contribution is 5.81.